The van der Waals surface area contributed by atoms with E-state index in [9.17, 15) is 48.3 Å². The van der Waals surface area contributed by atoms with Crippen molar-refractivity contribution in [1.82, 2.24) is 26.6 Å². The Bertz CT molecular complexity index is 1990. The number of nitrogens with zero attached hydrogens (tertiary/aromatic N) is 3. The second-order valence-corrected chi connectivity index (χ2v) is 21.9. The van der Waals surface area contributed by atoms with Crippen LogP contribution < -0.4 is 66.7 Å². The fourth-order valence-corrected chi connectivity index (χ4v) is 9.53. The Morgan fingerprint density at radius 1 is 0.463 bits per heavy atom. The summed E-state index contributed by atoms with van der Waals surface area (Å²) in [5, 5.41) is 22.8. The summed E-state index contributed by atoms with van der Waals surface area (Å²) < 4.78 is 0. The number of carbonyl (C=O) groups is 9. The van der Waals surface area contributed by atoms with Crippen LogP contribution in [-0.4, -0.2) is 134 Å². The van der Waals surface area contributed by atoms with Crippen molar-refractivity contribution >= 4 is 70.7 Å². The standard InChI is InChI=1S/C57H107N15O10/c1-5-6-7-8-9-10-11-12-13-14-15-16-17-27-49(76)70-46(28-29-50(77)78)54(82)69-38-43(73)35-42(34-39(2)3)53(81)72-45(26-22-33-68-57(63)64)48(75)37-41(23-18-19-30-58)52(80)71-44(25-21-32-67-56(61)62)47(74)36-40(51(79)65-4)24-20-31-66-55(59)60/h39-42,44-46H,5-38,58H2,1-4H3,(H,65,79)(H,69,82)(H,70,76)(H,71,80)(H,72,81)(H,77,78)(H4,59,60,66)(H4,61,62,67)(H4,63,64,68)/t40-,41-,42-,44+,45+,46?/m1/s1. The number of guanidine groups is 3. The molecule has 6 atom stereocenters. The molecule has 470 valence electrons. The SMILES string of the molecule is CCCCCCCCCCCCCCCC(=O)NC(CCC(=O)O)C(=O)NCC(=O)C[C@@H](CC(C)C)C(=O)N[C@@H](CCCN=C(N)N)C(=O)C[C@@H](CCCCN)C(=O)N[C@@H](CCCN=C(N)N)C(=O)C[C@@H](CCCN=C(N)N)C(=O)NC. The quantitative estimate of drug-likeness (QED) is 0.0236. The second-order valence-electron chi connectivity index (χ2n) is 21.9. The number of hydrogen-bond acceptors (Lipinski definition) is 13. The summed E-state index contributed by atoms with van der Waals surface area (Å²) in [4.78, 5) is 133. The molecule has 0 saturated heterocycles. The molecule has 0 aromatic carbocycles. The highest BCUT2D eigenvalue weighted by atomic mass is 16.4. The number of carboxylic acid groups (broad SMARTS) is 1. The highest BCUT2D eigenvalue weighted by Crippen LogP contribution is 2.22. The molecule has 82 heavy (non-hydrogen) atoms. The maximum atomic E-state index is 14.5. The van der Waals surface area contributed by atoms with Crippen LogP contribution in [0.15, 0.2) is 15.0 Å². The van der Waals surface area contributed by atoms with Gasteiger partial charge in [-0.3, -0.25) is 58.1 Å². The van der Waals surface area contributed by atoms with Gasteiger partial charge >= 0.3 is 5.97 Å². The van der Waals surface area contributed by atoms with Gasteiger partial charge in [0.2, 0.25) is 29.5 Å². The number of amides is 5. The zero-order chi connectivity index (χ0) is 61.7. The molecule has 1 unspecified atom stereocenters. The molecule has 0 radical (unpaired) electrons. The Hall–Kier alpha value is -6.40. The molecule has 5 amide bonds. The van der Waals surface area contributed by atoms with Crippen LogP contribution in [0.4, 0.5) is 0 Å². The minimum Gasteiger partial charge on any atom is -0.481 e. The molecule has 25 heteroatoms. The molecule has 0 heterocycles. The number of carboxylic acids is 1. The van der Waals surface area contributed by atoms with Crippen molar-refractivity contribution < 1.29 is 48.3 Å². The number of ketones is 3. The molecule has 25 nitrogen and oxygen atoms in total. The van der Waals surface area contributed by atoms with E-state index in [0.717, 1.165) is 25.7 Å². The number of unbranched alkanes of at least 4 members (excludes halogenated alkanes) is 13. The largest absolute Gasteiger partial charge is 0.481 e. The molecule has 0 aromatic heterocycles. The van der Waals surface area contributed by atoms with Crippen molar-refractivity contribution in [3.63, 3.8) is 0 Å². The molecule has 0 spiro atoms. The highest BCUT2D eigenvalue weighted by Gasteiger charge is 2.33. The van der Waals surface area contributed by atoms with Crippen LogP contribution in [-0.2, 0) is 43.2 Å². The third-order valence-electron chi connectivity index (χ3n) is 14.1. The Balaban J connectivity index is 6.25. The van der Waals surface area contributed by atoms with Crippen molar-refractivity contribution in [1.29, 1.82) is 0 Å². The number of hydrogen-bond donors (Lipinski definition) is 13. The van der Waals surface area contributed by atoms with E-state index in [0.29, 0.717) is 32.2 Å². The summed E-state index contributed by atoms with van der Waals surface area (Å²) in [7, 11) is 1.45. The van der Waals surface area contributed by atoms with E-state index in [4.69, 9.17) is 40.1 Å². The fourth-order valence-electron chi connectivity index (χ4n) is 9.53. The van der Waals surface area contributed by atoms with E-state index in [1.165, 1.54) is 58.4 Å². The number of aliphatic imine (C=N–C) groups is 3. The fraction of sp³-hybridized carbons (Fsp3) is 0.789. The van der Waals surface area contributed by atoms with Crippen LogP contribution in [0.2, 0.25) is 0 Å². The van der Waals surface area contributed by atoms with Crippen LogP contribution in [0.3, 0.4) is 0 Å². The summed E-state index contributed by atoms with van der Waals surface area (Å²) in [5.74, 6) is -8.63. The van der Waals surface area contributed by atoms with Crippen LogP contribution in [0.5, 0.6) is 0 Å². The zero-order valence-electron chi connectivity index (χ0n) is 50.1. The third kappa shape index (κ3) is 39.9. The number of Topliss-reactive ketones (excluding diaryl/α,β-unsaturated/α-hetero) is 3. The number of nitrogens with one attached hydrogen (secondary N) is 5. The summed E-state index contributed by atoms with van der Waals surface area (Å²) in [6, 6.07) is -3.47. The lowest BCUT2D eigenvalue weighted by atomic mass is 9.88. The molecule has 20 N–H and O–H groups in total. The molecule has 0 rings (SSSR count). The average molecular weight is 1160 g/mol. The predicted molar refractivity (Wildman–Crippen MR) is 321 cm³/mol. The summed E-state index contributed by atoms with van der Waals surface area (Å²) in [6.07, 6.45) is 16.2. The van der Waals surface area contributed by atoms with Gasteiger partial charge in [0, 0.05) is 76.5 Å². The van der Waals surface area contributed by atoms with Crippen LogP contribution in [0, 0.1) is 23.7 Å². The van der Waals surface area contributed by atoms with Gasteiger partial charge in [0.05, 0.1) is 18.6 Å². The number of nitrogens with two attached hydrogens (primary N) is 7. The summed E-state index contributed by atoms with van der Waals surface area (Å²) in [5.41, 5.74) is 38.9. The van der Waals surface area contributed by atoms with E-state index < -0.39 is 95.8 Å². The summed E-state index contributed by atoms with van der Waals surface area (Å²) in [6.45, 7) is 6.21. The van der Waals surface area contributed by atoms with Gasteiger partial charge in [0.1, 0.15) is 6.04 Å². The van der Waals surface area contributed by atoms with Crippen LogP contribution >= 0.6 is 0 Å². The van der Waals surface area contributed by atoms with Crippen LogP contribution in [0.1, 0.15) is 207 Å². The van der Waals surface area contributed by atoms with Crippen molar-refractivity contribution in [2.24, 2.45) is 78.8 Å². The highest BCUT2D eigenvalue weighted by molar-refractivity contribution is 5.97. The Labute approximate surface area is 487 Å². The van der Waals surface area contributed by atoms with Crippen molar-refractivity contribution in [2.75, 3.05) is 39.8 Å². The monoisotopic (exact) mass is 1160 g/mol. The zero-order valence-corrected chi connectivity index (χ0v) is 50.1. The van der Waals surface area contributed by atoms with Crippen LogP contribution in [0.25, 0.3) is 0 Å². The average Bonchev–Trinajstić information content (AvgIpc) is 3.48. The molecule has 0 aromatic rings. The van der Waals surface area contributed by atoms with Gasteiger partial charge in [-0.2, -0.15) is 0 Å². The van der Waals surface area contributed by atoms with Gasteiger partial charge in [-0.15, -0.1) is 0 Å². The van der Waals surface area contributed by atoms with Crippen molar-refractivity contribution in [3.05, 3.63) is 0 Å². The first kappa shape index (κ1) is 75.6. The lowest BCUT2D eigenvalue weighted by molar-refractivity contribution is -0.138. The van der Waals surface area contributed by atoms with E-state index in [1.54, 1.807) is 0 Å². The second kappa shape index (κ2) is 47.1. The van der Waals surface area contributed by atoms with E-state index in [2.05, 4.69) is 48.5 Å². The minimum atomic E-state index is -1.21. The molecule has 0 bridgehead atoms. The predicted octanol–water partition coefficient (Wildman–Crippen LogP) is 2.71. The Morgan fingerprint density at radius 3 is 1.34 bits per heavy atom. The topological polar surface area (TPSA) is 453 Å². The van der Waals surface area contributed by atoms with Gasteiger partial charge in [0.25, 0.3) is 0 Å². The number of aliphatic carboxylic acids is 1. The maximum absolute atomic E-state index is 14.5. The molecular weight excluding hydrogens is 1050 g/mol. The lowest BCUT2D eigenvalue weighted by Crippen LogP contribution is -2.49. The van der Waals surface area contributed by atoms with Gasteiger partial charge < -0.3 is 71.8 Å². The lowest BCUT2D eigenvalue weighted by Gasteiger charge is -2.26. The molecule has 0 aliphatic rings. The normalized spacial score (nSPS) is 13.2. The van der Waals surface area contributed by atoms with Gasteiger partial charge in [0.15, 0.2) is 35.2 Å². The Kier molecular flexibility index (Phi) is 43.4. The van der Waals surface area contributed by atoms with Gasteiger partial charge in [-0.1, -0.05) is 104 Å². The van der Waals surface area contributed by atoms with Gasteiger partial charge in [-0.25, -0.2) is 0 Å². The maximum Gasteiger partial charge on any atom is 0.303 e. The molecule has 0 aliphatic heterocycles. The van der Waals surface area contributed by atoms with Crippen molar-refractivity contribution in [3.8, 4) is 0 Å². The third-order valence-corrected chi connectivity index (χ3v) is 14.1. The first-order valence-corrected chi connectivity index (χ1v) is 30.1. The minimum absolute atomic E-state index is 0.0513. The Morgan fingerprint density at radius 2 is 0.902 bits per heavy atom. The molecule has 0 saturated carbocycles. The molecule has 0 fully saturated rings. The van der Waals surface area contributed by atoms with Gasteiger partial charge in [-0.05, 0) is 83.1 Å². The number of rotatable bonds is 52. The number of carbonyl (C=O) groups excluding carboxylic acids is 8. The molecule has 0 aliphatic carbocycles. The first-order valence-electron chi connectivity index (χ1n) is 30.1. The van der Waals surface area contributed by atoms with Crippen molar-refractivity contribution in [2.45, 2.75) is 225 Å². The van der Waals surface area contributed by atoms with E-state index >= 15 is 0 Å². The summed E-state index contributed by atoms with van der Waals surface area (Å²) >= 11 is 0. The molecular formula is C57H107N15O10. The smallest absolute Gasteiger partial charge is 0.303 e. The van der Waals surface area contributed by atoms with E-state index in [1.807, 2.05) is 13.8 Å². The first-order chi connectivity index (χ1) is 39.0. The van der Waals surface area contributed by atoms with E-state index in [-0.39, 0.29) is 126 Å².